The summed E-state index contributed by atoms with van der Waals surface area (Å²) in [5.74, 6) is 0.742. The van der Waals surface area contributed by atoms with Crippen LogP contribution in [0.25, 0.3) is 11.0 Å². The Balaban J connectivity index is 1.39. The highest BCUT2D eigenvalue weighted by atomic mass is 19.4. The number of aryl methyl sites for hydroxylation is 2. The van der Waals surface area contributed by atoms with E-state index in [2.05, 4.69) is 15.2 Å². The highest BCUT2D eigenvalue weighted by Crippen LogP contribution is 2.29. The number of alkyl halides is 3. The molecule has 1 N–H and O–H groups in total. The van der Waals surface area contributed by atoms with Gasteiger partial charge in [0.25, 0.3) is 0 Å². The van der Waals surface area contributed by atoms with E-state index in [-0.39, 0.29) is 12.3 Å². The second kappa shape index (κ2) is 7.42. The standard InChI is InChI=1S/C21H21F3N4O/c1-27-18-13-16(8-9-17(18)26-20(27)28-11-2-12-28)25-19(29)10-5-14-3-6-15(7-4-14)21(22,23)24/h3-4,6-9,13H,2,5,10-12H2,1H3,(H,25,29). The molecule has 0 atom stereocenters. The van der Waals surface area contributed by atoms with E-state index >= 15 is 0 Å². The Hall–Kier alpha value is -3.03. The van der Waals surface area contributed by atoms with Crippen LogP contribution in [0.5, 0.6) is 0 Å². The number of nitrogens with one attached hydrogen (secondary N) is 1. The molecule has 1 fully saturated rings. The average molecular weight is 402 g/mol. The number of benzene rings is 2. The molecule has 1 aliphatic rings. The van der Waals surface area contributed by atoms with Crippen LogP contribution in [0.2, 0.25) is 0 Å². The second-order valence-corrected chi connectivity index (χ2v) is 7.26. The maximum absolute atomic E-state index is 12.6. The minimum absolute atomic E-state index is 0.186. The minimum atomic E-state index is -4.35. The summed E-state index contributed by atoms with van der Waals surface area (Å²) in [4.78, 5) is 19.1. The smallest absolute Gasteiger partial charge is 0.342 e. The number of amides is 1. The first-order valence-electron chi connectivity index (χ1n) is 9.49. The molecule has 1 aliphatic heterocycles. The fraction of sp³-hybridized carbons (Fsp3) is 0.333. The molecule has 0 radical (unpaired) electrons. The largest absolute Gasteiger partial charge is 0.416 e. The molecule has 0 aliphatic carbocycles. The Labute approximate surface area is 166 Å². The van der Waals surface area contributed by atoms with E-state index < -0.39 is 11.7 Å². The zero-order valence-corrected chi connectivity index (χ0v) is 16.0. The van der Waals surface area contributed by atoms with Crippen LogP contribution in [0.3, 0.4) is 0 Å². The van der Waals surface area contributed by atoms with Gasteiger partial charge < -0.3 is 14.8 Å². The van der Waals surface area contributed by atoms with Crippen molar-refractivity contribution in [3.8, 4) is 0 Å². The highest BCUT2D eigenvalue weighted by Gasteiger charge is 2.29. The molecule has 5 nitrogen and oxygen atoms in total. The van der Waals surface area contributed by atoms with Gasteiger partial charge in [0, 0.05) is 32.2 Å². The molecule has 152 valence electrons. The summed E-state index contributed by atoms with van der Waals surface area (Å²) in [5.41, 5.74) is 2.49. The molecule has 29 heavy (non-hydrogen) atoms. The van der Waals surface area contributed by atoms with Gasteiger partial charge in [-0.25, -0.2) is 4.98 Å². The third-order valence-corrected chi connectivity index (χ3v) is 5.20. The van der Waals surface area contributed by atoms with Crippen molar-refractivity contribution in [1.29, 1.82) is 0 Å². The van der Waals surface area contributed by atoms with Gasteiger partial charge >= 0.3 is 6.18 Å². The van der Waals surface area contributed by atoms with E-state index in [0.717, 1.165) is 42.2 Å². The quantitative estimate of drug-likeness (QED) is 0.689. The van der Waals surface area contributed by atoms with Crippen molar-refractivity contribution in [1.82, 2.24) is 9.55 Å². The van der Waals surface area contributed by atoms with Gasteiger partial charge in [-0.2, -0.15) is 13.2 Å². The zero-order valence-electron chi connectivity index (χ0n) is 16.0. The minimum Gasteiger partial charge on any atom is -0.342 e. The second-order valence-electron chi connectivity index (χ2n) is 7.26. The van der Waals surface area contributed by atoms with Gasteiger partial charge in [-0.15, -0.1) is 0 Å². The van der Waals surface area contributed by atoms with Crippen LogP contribution >= 0.6 is 0 Å². The first-order chi connectivity index (χ1) is 13.8. The molecule has 1 amide bonds. The Bertz CT molecular complexity index is 1040. The SMILES string of the molecule is Cn1c(N2CCC2)nc2ccc(NC(=O)CCc3ccc(C(F)(F)F)cc3)cc21. The van der Waals surface area contributed by atoms with Gasteiger partial charge in [-0.05, 0) is 48.7 Å². The normalized spacial score (nSPS) is 14.1. The first-order valence-corrected chi connectivity index (χ1v) is 9.49. The van der Waals surface area contributed by atoms with Crippen molar-refractivity contribution in [3.05, 3.63) is 53.6 Å². The average Bonchev–Trinajstić information content (AvgIpc) is 2.94. The van der Waals surface area contributed by atoms with Crippen molar-refractivity contribution in [2.75, 3.05) is 23.3 Å². The van der Waals surface area contributed by atoms with Crippen LogP contribution < -0.4 is 10.2 Å². The van der Waals surface area contributed by atoms with Crippen molar-refractivity contribution >= 4 is 28.6 Å². The number of carbonyl (C=O) groups excluding carboxylic acids is 1. The predicted octanol–water partition coefficient (Wildman–Crippen LogP) is 4.37. The van der Waals surface area contributed by atoms with Crippen molar-refractivity contribution in [3.63, 3.8) is 0 Å². The summed E-state index contributed by atoms with van der Waals surface area (Å²) < 4.78 is 39.9. The van der Waals surface area contributed by atoms with E-state index in [9.17, 15) is 18.0 Å². The van der Waals surface area contributed by atoms with Crippen molar-refractivity contribution < 1.29 is 18.0 Å². The van der Waals surface area contributed by atoms with E-state index in [1.165, 1.54) is 18.6 Å². The zero-order chi connectivity index (χ0) is 20.6. The topological polar surface area (TPSA) is 50.2 Å². The van der Waals surface area contributed by atoms with E-state index in [1.807, 2.05) is 29.8 Å². The van der Waals surface area contributed by atoms with E-state index in [1.54, 1.807) is 0 Å². The van der Waals surface area contributed by atoms with Gasteiger partial charge in [0.15, 0.2) is 0 Å². The summed E-state index contributed by atoms with van der Waals surface area (Å²) in [5, 5.41) is 2.86. The molecule has 4 rings (SSSR count). The Morgan fingerprint density at radius 2 is 1.86 bits per heavy atom. The number of imidazole rings is 1. The number of hydrogen-bond acceptors (Lipinski definition) is 3. The summed E-state index contributed by atoms with van der Waals surface area (Å²) in [7, 11) is 1.96. The lowest BCUT2D eigenvalue weighted by Gasteiger charge is -2.31. The van der Waals surface area contributed by atoms with E-state index in [0.29, 0.717) is 17.7 Å². The molecular formula is C21H21F3N4O. The molecule has 8 heteroatoms. The molecule has 0 spiro atoms. The number of nitrogens with zero attached hydrogens (tertiary/aromatic N) is 3. The molecule has 0 saturated carbocycles. The van der Waals surface area contributed by atoms with Gasteiger partial charge in [-0.1, -0.05) is 12.1 Å². The lowest BCUT2D eigenvalue weighted by Crippen LogP contribution is -2.38. The van der Waals surface area contributed by atoms with Crippen molar-refractivity contribution in [2.45, 2.75) is 25.4 Å². The maximum atomic E-state index is 12.6. The molecule has 3 aromatic rings. The molecule has 1 saturated heterocycles. The third-order valence-electron chi connectivity index (χ3n) is 5.20. The number of rotatable bonds is 5. The molecule has 0 bridgehead atoms. The van der Waals surface area contributed by atoms with Crippen LogP contribution in [-0.4, -0.2) is 28.5 Å². The van der Waals surface area contributed by atoms with Crippen LogP contribution in [0.1, 0.15) is 24.0 Å². The molecule has 1 aromatic heterocycles. The number of halogens is 3. The maximum Gasteiger partial charge on any atom is 0.416 e. The Morgan fingerprint density at radius 3 is 2.48 bits per heavy atom. The number of carbonyl (C=O) groups is 1. The molecule has 2 heterocycles. The van der Waals surface area contributed by atoms with Crippen LogP contribution in [0, 0.1) is 0 Å². The summed E-state index contributed by atoms with van der Waals surface area (Å²) in [6, 6.07) is 10.5. The van der Waals surface area contributed by atoms with Gasteiger partial charge in [-0.3, -0.25) is 4.79 Å². The fourth-order valence-electron chi connectivity index (χ4n) is 3.40. The number of aromatic nitrogens is 2. The van der Waals surface area contributed by atoms with E-state index in [4.69, 9.17) is 0 Å². The predicted molar refractivity (Wildman–Crippen MR) is 106 cm³/mol. The van der Waals surface area contributed by atoms with Crippen LogP contribution in [0.4, 0.5) is 24.8 Å². The first kappa shape index (κ1) is 19.3. The molecule has 0 unspecified atom stereocenters. The molecular weight excluding hydrogens is 381 g/mol. The van der Waals surface area contributed by atoms with Crippen LogP contribution in [-0.2, 0) is 24.4 Å². The summed E-state index contributed by atoms with van der Waals surface area (Å²) >= 11 is 0. The van der Waals surface area contributed by atoms with Crippen molar-refractivity contribution in [2.24, 2.45) is 7.05 Å². The number of anilines is 2. The highest BCUT2D eigenvalue weighted by molar-refractivity contribution is 5.93. The summed E-state index contributed by atoms with van der Waals surface area (Å²) in [6.07, 6.45) is -2.62. The van der Waals surface area contributed by atoms with Gasteiger partial charge in [0.2, 0.25) is 11.9 Å². The Morgan fingerprint density at radius 1 is 1.14 bits per heavy atom. The monoisotopic (exact) mass is 402 g/mol. The summed E-state index contributed by atoms with van der Waals surface area (Å²) in [6.45, 7) is 2.01. The number of fused-ring (bicyclic) bond motifs is 1. The molecule has 2 aromatic carbocycles. The lowest BCUT2D eigenvalue weighted by molar-refractivity contribution is -0.137. The Kier molecular flexibility index (Phi) is 4.94. The van der Waals surface area contributed by atoms with Crippen LogP contribution in [0.15, 0.2) is 42.5 Å². The number of hydrogen-bond donors (Lipinski definition) is 1. The van der Waals surface area contributed by atoms with Gasteiger partial charge in [0.1, 0.15) is 0 Å². The van der Waals surface area contributed by atoms with Gasteiger partial charge in [0.05, 0.1) is 16.6 Å². The fourth-order valence-corrected chi connectivity index (χ4v) is 3.40. The third kappa shape index (κ3) is 4.06. The lowest BCUT2D eigenvalue weighted by atomic mass is 10.1.